The molecule has 1 aromatic rings. The second kappa shape index (κ2) is 6.84. The molecule has 0 aliphatic rings. The molecule has 0 aliphatic heterocycles. The van der Waals surface area contributed by atoms with Gasteiger partial charge in [-0.1, -0.05) is 25.7 Å². The normalized spacial score (nSPS) is 12.9. The highest BCUT2D eigenvalue weighted by Crippen LogP contribution is 2.17. The van der Waals surface area contributed by atoms with Gasteiger partial charge in [-0.15, -0.1) is 0 Å². The Balaban J connectivity index is 3.08. The first-order valence-electron chi connectivity index (χ1n) is 6.28. The van der Waals surface area contributed by atoms with Crippen molar-refractivity contribution in [3.8, 4) is 11.8 Å². The van der Waals surface area contributed by atoms with E-state index in [1.54, 1.807) is 6.92 Å². The number of benzene rings is 1. The van der Waals surface area contributed by atoms with E-state index in [2.05, 4.69) is 16.6 Å². The minimum absolute atomic E-state index is 0.113. The molecule has 0 amide bonds. The van der Waals surface area contributed by atoms with Gasteiger partial charge < -0.3 is 5.73 Å². The Morgan fingerprint density at radius 3 is 2.50 bits per heavy atom. The van der Waals surface area contributed by atoms with Crippen molar-refractivity contribution in [2.75, 3.05) is 6.54 Å². The Labute approximate surface area is 119 Å². The van der Waals surface area contributed by atoms with E-state index in [0.717, 1.165) is 6.07 Å². The number of halogens is 1. The minimum Gasteiger partial charge on any atom is -0.320 e. The molecule has 1 aromatic carbocycles. The lowest BCUT2D eigenvalue weighted by atomic mass is 10.1. The van der Waals surface area contributed by atoms with Crippen LogP contribution in [0.3, 0.4) is 0 Å². The Hall–Kier alpha value is -1.42. The predicted molar refractivity (Wildman–Crippen MR) is 77.0 cm³/mol. The largest absolute Gasteiger partial charge is 0.320 e. The Morgan fingerprint density at radius 1 is 1.35 bits per heavy atom. The molecular formula is C14H19FN2O2S. The SMILES string of the molecule is CC(C)C(C)NS(=O)(=O)c1ccc(C#CCN)cc1F. The summed E-state index contributed by atoms with van der Waals surface area (Å²) in [5.74, 6) is 4.53. The average Bonchev–Trinajstić information content (AvgIpc) is 2.35. The number of nitrogens with one attached hydrogen (secondary N) is 1. The summed E-state index contributed by atoms with van der Waals surface area (Å²) >= 11 is 0. The van der Waals surface area contributed by atoms with Crippen LogP contribution in [0.25, 0.3) is 0 Å². The monoisotopic (exact) mass is 298 g/mol. The molecule has 1 unspecified atom stereocenters. The minimum atomic E-state index is -3.87. The molecule has 1 rings (SSSR count). The smallest absolute Gasteiger partial charge is 0.243 e. The van der Waals surface area contributed by atoms with Crippen molar-refractivity contribution >= 4 is 10.0 Å². The summed E-state index contributed by atoms with van der Waals surface area (Å²) in [4.78, 5) is -0.372. The van der Waals surface area contributed by atoms with E-state index in [0.29, 0.717) is 5.56 Å². The molecule has 3 N–H and O–H groups in total. The van der Waals surface area contributed by atoms with E-state index in [-0.39, 0.29) is 23.4 Å². The molecular weight excluding hydrogens is 279 g/mol. The highest BCUT2D eigenvalue weighted by atomic mass is 32.2. The number of rotatable bonds is 4. The van der Waals surface area contributed by atoms with Crippen molar-refractivity contribution in [1.29, 1.82) is 0 Å². The van der Waals surface area contributed by atoms with Gasteiger partial charge in [-0.2, -0.15) is 0 Å². The van der Waals surface area contributed by atoms with Crippen LogP contribution in [0.4, 0.5) is 4.39 Å². The second-order valence-electron chi connectivity index (χ2n) is 4.81. The van der Waals surface area contributed by atoms with E-state index < -0.39 is 15.8 Å². The van der Waals surface area contributed by atoms with Crippen LogP contribution in [0.15, 0.2) is 23.1 Å². The van der Waals surface area contributed by atoms with Gasteiger partial charge in [0, 0.05) is 11.6 Å². The first kappa shape index (κ1) is 16.6. The van der Waals surface area contributed by atoms with E-state index >= 15 is 0 Å². The molecule has 0 saturated carbocycles. The molecule has 0 bridgehead atoms. The van der Waals surface area contributed by atoms with Crippen molar-refractivity contribution in [3.05, 3.63) is 29.6 Å². The van der Waals surface area contributed by atoms with Gasteiger partial charge in [-0.25, -0.2) is 17.5 Å². The average molecular weight is 298 g/mol. The second-order valence-corrected chi connectivity index (χ2v) is 6.49. The Morgan fingerprint density at radius 2 is 2.00 bits per heavy atom. The van der Waals surface area contributed by atoms with Crippen LogP contribution >= 0.6 is 0 Å². The molecule has 0 radical (unpaired) electrons. The number of hydrogen-bond acceptors (Lipinski definition) is 3. The number of nitrogens with two attached hydrogens (primary N) is 1. The third kappa shape index (κ3) is 4.30. The molecule has 4 nitrogen and oxygen atoms in total. The molecule has 110 valence electrons. The van der Waals surface area contributed by atoms with Gasteiger partial charge in [-0.3, -0.25) is 0 Å². The van der Waals surface area contributed by atoms with Crippen molar-refractivity contribution in [2.24, 2.45) is 11.7 Å². The van der Waals surface area contributed by atoms with Crippen LogP contribution in [-0.4, -0.2) is 21.0 Å². The summed E-state index contributed by atoms with van der Waals surface area (Å²) < 4.78 is 40.5. The molecule has 0 saturated heterocycles. The topological polar surface area (TPSA) is 72.2 Å². The fraction of sp³-hybridized carbons (Fsp3) is 0.429. The van der Waals surface area contributed by atoms with E-state index in [9.17, 15) is 12.8 Å². The Kier molecular flexibility index (Phi) is 5.69. The van der Waals surface area contributed by atoms with Gasteiger partial charge in [0.05, 0.1) is 6.54 Å². The summed E-state index contributed by atoms with van der Waals surface area (Å²) in [5.41, 5.74) is 5.62. The van der Waals surface area contributed by atoms with E-state index in [4.69, 9.17) is 5.73 Å². The molecule has 0 spiro atoms. The van der Waals surface area contributed by atoms with Gasteiger partial charge in [0.25, 0.3) is 0 Å². The lowest BCUT2D eigenvalue weighted by Gasteiger charge is -2.17. The maximum absolute atomic E-state index is 13.9. The van der Waals surface area contributed by atoms with Crippen LogP contribution in [0.1, 0.15) is 26.3 Å². The van der Waals surface area contributed by atoms with Gasteiger partial charge in [-0.05, 0) is 31.0 Å². The molecule has 0 aromatic heterocycles. The number of hydrogen-bond donors (Lipinski definition) is 2. The van der Waals surface area contributed by atoms with Gasteiger partial charge in [0.15, 0.2) is 0 Å². The van der Waals surface area contributed by atoms with Gasteiger partial charge >= 0.3 is 0 Å². The van der Waals surface area contributed by atoms with Crippen molar-refractivity contribution in [1.82, 2.24) is 4.72 Å². The third-order valence-electron chi connectivity index (χ3n) is 2.90. The van der Waals surface area contributed by atoms with Crippen molar-refractivity contribution < 1.29 is 12.8 Å². The lowest BCUT2D eigenvalue weighted by molar-refractivity contribution is 0.473. The lowest BCUT2D eigenvalue weighted by Crippen LogP contribution is -2.36. The molecule has 20 heavy (non-hydrogen) atoms. The fourth-order valence-electron chi connectivity index (χ4n) is 1.39. The summed E-state index contributed by atoms with van der Waals surface area (Å²) in [6, 6.07) is 3.49. The van der Waals surface area contributed by atoms with Crippen LogP contribution < -0.4 is 10.5 Å². The summed E-state index contributed by atoms with van der Waals surface area (Å²) in [7, 11) is -3.87. The van der Waals surface area contributed by atoms with Crippen molar-refractivity contribution in [3.63, 3.8) is 0 Å². The van der Waals surface area contributed by atoms with Crippen molar-refractivity contribution in [2.45, 2.75) is 31.7 Å². The predicted octanol–water partition coefficient (Wildman–Crippen LogP) is 1.46. The maximum Gasteiger partial charge on any atom is 0.243 e. The van der Waals surface area contributed by atoms with Crippen LogP contribution in [0.5, 0.6) is 0 Å². The zero-order valence-electron chi connectivity index (χ0n) is 11.8. The molecule has 1 atom stereocenters. The third-order valence-corrected chi connectivity index (χ3v) is 4.49. The number of sulfonamides is 1. The van der Waals surface area contributed by atoms with Crippen LogP contribution in [0.2, 0.25) is 0 Å². The zero-order chi connectivity index (χ0) is 15.3. The fourth-order valence-corrected chi connectivity index (χ4v) is 2.85. The quantitative estimate of drug-likeness (QED) is 0.827. The molecule has 0 aliphatic carbocycles. The van der Waals surface area contributed by atoms with Gasteiger partial charge in [0.2, 0.25) is 10.0 Å². The summed E-state index contributed by atoms with van der Waals surface area (Å²) in [6.45, 7) is 5.67. The highest BCUT2D eigenvalue weighted by molar-refractivity contribution is 7.89. The van der Waals surface area contributed by atoms with Crippen LogP contribution in [0, 0.1) is 23.6 Å². The standard InChI is InChI=1S/C14H19FN2O2S/c1-10(2)11(3)17-20(18,19)14-7-6-12(5-4-8-16)9-13(14)15/h6-7,9-11,17H,8,16H2,1-3H3. The molecule has 0 heterocycles. The molecule has 6 heteroatoms. The Bertz CT molecular complexity index is 630. The highest BCUT2D eigenvalue weighted by Gasteiger charge is 2.22. The maximum atomic E-state index is 13.9. The van der Waals surface area contributed by atoms with E-state index in [1.165, 1.54) is 12.1 Å². The molecule has 0 fully saturated rings. The van der Waals surface area contributed by atoms with Crippen LogP contribution in [-0.2, 0) is 10.0 Å². The van der Waals surface area contributed by atoms with E-state index in [1.807, 2.05) is 13.8 Å². The first-order chi connectivity index (χ1) is 9.27. The zero-order valence-corrected chi connectivity index (χ0v) is 12.6. The van der Waals surface area contributed by atoms with Gasteiger partial charge in [0.1, 0.15) is 10.7 Å². The first-order valence-corrected chi connectivity index (χ1v) is 7.77. The summed E-state index contributed by atoms with van der Waals surface area (Å²) in [5, 5.41) is 0. The summed E-state index contributed by atoms with van der Waals surface area (Å²) in [6.07, 6.45) is 0.